The van der Waals surface area contributed by atoms with Crippen LogP contribution in [0.25, 0.3) is 0 Å². The Balaban J connectivity index is 1.55. The van der Waals surface area contributed by atoms with E-state index in [9.17, 15) is 14.0 Å². The second kappa shape index (κ2) is 5.84. The van der Waals surface area contributed by atoms with E-state index in [1.165, 1.54) is 24.3 Å². The Morgan fingerprint density at radius 1 is 1.14 bits per heavy atom. The van der Waals surface area contributed by atoms with Gasteiger partial charge < -0.3 is 10.2 Å². The molecule has 3 rings (SSSR count). The van der Waals surface area contributed by atoms with Crippen molar-refractivity contribution in [2.24, 2.45) is 5.92 Å². The molecule has 1 aliphatic heterocycles. The highest BCUT2D eigenvalue weighted by atomic mass is 19.1. The van der Waals surface area contributed by atoms with Crippen LogP contribution in [0, 0.1) is 11.7 Å². The number of hydrogen-bond donors (Lipinski definition) is 1. The maximum Gasteiger partial charge on any atom is 0.253 e. The van der Waals surface area contributed by atoms with Gasteiger partial charge in [0, 0.05) is 30.6 Å². The fourth-order valence-electron chi connectivity index (χ4n) is 2.83. The SMILES string of the molecule is O=C(N[C@H]1CCN(C(=O)c2ccc(F)cc2)C1)C1CCC1. The molecule has 21 heavy (non-hydrogen) atoms. The second-order valence-corrected chi connectivity index (χ2v) is 5.88. The van der Waals surface area contributed by atoms with E-state index in [0.29, 0.717) is 18.7 Å². The number of hydrogen-bond acceptors (Lipinski definition) is 2. The number of likely N-dealkylation sites (tertiary alicyclic amines) is 1. The van der Waals surface area contributed by atoms with E-state index in [0.717, 1.165) is 25.7 Å². The third kappa shape index (κ3) is 3.06. The number of nitrogens with one attached hydrogen (secondary N) is 1. The van der Waals surface area contributed by atoms with E-state index in [4.69, 9.17) is 0 Å². The minimum atomic E-state index is -0.349. The van der Waals surface area contributed by atoms with Crippen molar-refractivity contribution < 1.29 is 14.0 Å². The van der Waals surface area contributed by atoms with E-state index < -0.39 is 0 Å². The average Bonchev–Trinajstić information content (AvgIpc) is 2.85. The maximum atomic E-state index is 12.9. The Kier molecular flexibility index (Phi) is 3.90. The van der Waals surface area contributed by atoms with Crippen LogP contribution in [0.5, 0.6) is 0 Å². The molecule has 4 nitrogen and oxygen atoms in total. The molecule has 112 valence electrons. The fraction of sp³-hybridized carbons (Fsp3) is 0.500. The number of rotatable bonds is 3. The van der Waals surface area contributed by atoms with Crippen LogP contribution in [0.15, 0.2) is 24.3 Å². The molecule has 1 aliphatic carbocycles. The first-order valence-corrected chi connectivity index (χ1v) is 7.49. The number of carbonyl (C=O) groups excluding carboxylic acids is 2. The zero-order chi connectivity index (χ0) is 14.8. The summed E-state index contributed by atoms with van der Waals surface area (Å²) in [4.78, 5) is 25.9. The first-order chi connectivity index (χ1) is 10.1. The van der Waals surface area contributed by atoms with Crippen LogP contribution < -0.4 is 5.32 Å². The topological polar surface area (TPSA) is 49.4 Å². The molecular weight excluding hydrogens is 271 g/mol. The van der Waals surface area contributed by atoms with E-state index in [1.807, 2.05) is 0 Å². The molecule has 0 bridgehead atoms. The smallest absolute Gasteiger partial charge is 0.253 e. The van der Waals surface area contributed by atoms with Crippen LogP contribution in [-0.4, -0.2) is 35.8 Å². The highest BCUT2D eigenvalue weighted by molar-refractivity contribution is 5.94. The van der Waals surface area contributed by atoms with E-state index in [1.54, 1.807) is 4.90 Å². The van der Waals surface area contributed by atoms with Gasteiger partial charge in [-0.2, -0.15) is 0 Å². The molecule has 2 fully saturated rings. The molecule has 1 heterocycles. The number of nitrogens with zero attached hydrogens (tertiary/aromatic N) is 1. The van der Waals surface area contributed by atoms with Gasteiger partial charge in [0.05, 0.1) is 0 Å². The van der Waals surface area contributed by atoms with E-state index in [-0.39, 0.29) is 29.6 Å². The largest absolute Gasteiger partial charge is 0.351 e. The minimum Gasteiger partial charge on any atom is -0.351 e. The van der Waals surface area contributed by atoms with E-state index >= 15 is 0 Å². The lowest BCUT2D eigenvalue weighted by Crippen LogP contribution is -2.43. The number of amides is 2. The lowest BCUT2D eigenvalue weighted by molar-refractivity contribution is -0.128. The standard InChI is InChI=1S/C16H19FN2O2/c17-13-6-4-12(5-7-13)16(21)19-9-8-14(10-19)18-15(20)11-2-1-3-11/h4-7,11,14H,1-3,8-10H2,(H,18,20)/t14-/m0/s1. The summed E-state index contributed by atoms with van der Waals surface area (Å²) in [6.07, 6.45) is 3.89. The van der Waals surface area contributed by atoms with E-state index in [2.05, 4.69) is 5.32 Å². The number of halogens is 1. The zero-order valence-electron chi connectivity index (χ0n) is 11.8. The van der Waals surface area contributed by atoms with Crippen LogP contribution in [0.3, 0.4) is 0 Å². The quantitative estimate of drug-likeness (QED) is 0.925. The molecule has 1 aromatic carbocycles. The molecule has 2 aliphatic rings. The normalized spacial score (nSPS) is 22.0. The van der Waals surface area contributed by atoms with Crippen molar-refractivity contribution in [2.75, 3.05) is 13.1 Å². The molecule has 1 N–H and O–H groups in total. The van der Waals surface area contributed by atoms with Crippen molar-refractivity contribution in [3.63, 3.8) is 0 Å². The molecule has 1 aromatic rings. The zero-order valence-corrected chi connectivity index (χ0v) is 11.8. The minimum absolute atomic E-state index is 0.0440. The lowest BCUT2D eigenvalue weighted by Gasteiger charge is -2.26. The van der Waals surface area contributed by atoms with Crippen LogP contribution in [0.1, 0.15) is 36.0 Å². The van der Waals surface area contributed by atoms with Crippen LogP contribution in [0.2, 0.25) is 0 Å². The molecule has 0 radical (unpaired) electrons. The van der Waals surface area contributed by atoms with Crippen molar-refractivity contribution in [1.82, 2.24) is 10.2 Å². The summed E-state index contributed by atoms with van der Waals surface area (Å²) < 4.78 is 12.9. The van der Waals surface area contributed by atoms with Gasteiger partial charge in [-0.25, -0.2) is 4.39 Å². The van der Waals surface area contributed by atoms with Crippen molar-refractivity contribution in [1.29, 1.82) is 0 Å². The van der Waals surface area contributed by atoms with Gasteiger partial charge in [-0.05, 0) is 43.5 Å². The van der Waals surface area contributed by atoms with Gasteiger partial charge in [-0.15, -0.1) is 0 Å². The summed E-state index contributed by atoms with van der Waals surface area (Å²) in [5.41, 5.74) is 0.488. The highest BCUT2D eigenvalue weighted by Crippen LogP contribution is 2.26. The van der Waals surface area contributed by atoms with Gasteiger partial charge in [0.25, 0.3) is 5.91 Å². The molecule has 2 amide bonds. The van der Waals surface area contributed by atoms with Crippen molar-refractivity contribution in [3.05, 3.63) is 35.6 Å². The third-order valence-electron chi connectivity index (χ3n) is 4.39. The predicted molar refractivity (Wildman–Crippen MR) is 76.2 cm³/mol. The first kappa shape index (κ1) is 14.0. The Morgan fingerprint density at radius 2 is 1.86 bits per heavy atom. The van der Waals surface area contributed by atoms with Crippen LogP contribution >= 0.6 is 0 Å². The Labute approximate surface area is 123 Å². The third-order valence-corrected chi connectivity index (χ3v) is 4.39. The summed E-state index contributed by atoms with van der Waals surface area (Å²) in [7, 11) is 0. The molecule has 0 unspecified atom stereocenters. The molecular formula is C16H19FN2O2. The average molecular weight is 290 g/mol. The van der Waals surface area contributed by atoms with Gasteiger partial charge in [0.15, 0.2) is 0 Å². The van der Waals surface area contributed by atoms with Crippen molar-refractivity contribution >= 4 is 11.8 Å². The van der Waals surface area contributed by atoms with Crippen molar-refractivity contribution in [3.8, 4) is 0 Å². The molecule has 1 atom stereocenters. The highest BCUT2D eigenvalue weighted by Gasteiger charge is 2.31. The lowest BCUT2D eigenvalue weighted by atomic mass is 9.84. The fourth-order valence-corrected chi connectivity index (χ4v) is 2.83. The van der Waals surface area contributed by atoms with Crippen molar-refractivity contribution in [2.45, 2.75) is 31.7 Å². The van der Waals surface area contributed by atoms with Gasteiger partial charge in [0.1, 0.15) is 5.82 Å². The number of carbonyl (C=O) groups is 2. The van der Waals surface area contributed by atoms with Gasteiger partial charge in [-0.3, -0.25) is 9.59 Å². The summed E-state index contributed by atoms with van der Waals surface area (Å²) in [6.45, 7) is 1.17. The molecule has 0 aromatic heterocycles. The summed E-state index contributed by atoms with van der Waals surface area (Å²) in [5.74, 6) is -0.150. The first-order valence-electron chi connectivity index (χ1n) is 7.49. The summed E-state index contributed by atoms with van der Waals surface area (Å²) >= 11 is 0. The number of benzene rings is 1. The molecule has 1 saturated heterocycles. The molecule has 5 heteroatoms. The maximum absolute atomic E-state index is 12.9. The Hall–Kier alpha value is -1.91. The van der Waals surface area contributed by atoms with Gasteiger partial charge >= 0.3 is 0 Å². The monoisotopic (exact) mass is 290 g/mol. The van der Waals surface area contributed by atoms with Gasteiger partial charge in [0.2, 0.25) is 5.91 Å². The molecule has 1 saturated carbocycles. The van der Waals surface area contributed by atoms with Crippen LogP contribution in [-0.2, 0) is 4.79 Å². The van der Waals surface area contributed by atoms with Crippen LogP contribution in [0.4, 0.5) is 4.39 Å². The summed E-state index contributed by atoms with van der Waals surface area (Å²) in [5, 5.41) is 3.03. The second-order valence-electron chi connectivity index (χ2n) is 5.88. The summed E-state index contributed by atoms with van der Waals surface area (Å²) in [6, 6.07) is 5.62. The molecule has 0 spiro atoms. The Morgan fingerprint density at radius 3 is 2.48 bits per heavy atom. The predicted octanol–water partition coefficient (Wildman–Crippen LogP) is 1.96. The Bertz CT molecular complexity index is 540. The van der Waals surface area contributed by atoms with Gasteiger partial charge in [-0.1, -0.05) is 6.42 Å².